The van der Waals surface area contributed by atoms with Gasteiger partial charge in [0.25, 0.3) is 0 Å². The summed E-state index contributed by atoms with van der Waals surface area (Å²) in [7, 11) is 1.75. The number of benzene rings is 2. The first-order valence-electron chi connectivity index (χ1n) is 9.05. The van der Waals surface area contributed by atoms with Crippen molar-refractivity contribution in [2.75, 3.05) is 26.0 Å². The van der Waals surface area contributed by atoms with Crippen LogP contribution in [0.1, 0.15) is 11.1 Å². The van der Waals surface area contributed by atoms with Gasteiger partial charge in [0.15, 0.2) is 0 Å². The number of amides is 1. The fourth-order valence-corrected chi connectivity index (χ4v) is 3.44. The molecule has 152 valence electrons. The summed E-state index contributed by atoms with van der Waals surface area (Å²) < 4.78 is 7.28. The Hall–Kier alpha value is -2.58. The molecule has 0 fully saturated rings. The summed E-state index contributed by atoms with van der Waals surface area (Å²) in [5, 5.41) is 13.1. The molecule has 0 aliphatic carbocycles. The molecule has 3 aromatic rings. The maximum absolute atomic E-state index is 12.4. The van der Waals surface area contributed by atoms with Crippen molar-refractivity contribution in [3.63, 3.8) is 0 Å². The molecule has 0 N–H and O–H groups in total. The zero-order valence-corrected chi connectivity index (χ0v) is 18.1. The van der Waals surface area contributed by atoms with Gasteiger partial charge in [0.1, 0.15) is 12.4 Å². The van der Waals surface area contributed by atoms with E-state index in [1.54, 1.807) is 40.9 Å². The first-order chi connectivity index (χ1) is 13.9. The maximum atomic E-state index is 12.4. The summed E-state index contributed by atoms with van der Waals surface area (Å²) in [6, 6.07) is 13.1. The minimum absolute atomic E-state index is 0.0238. The normalized spacial score (nSPS) is 10.8. The van der Waals surface area contributed by atoms with Crippen molar-refractivity contribution in [2.24, 2.45) is 0 Å². The number of rotatable bonds is 8. The van der Waals surface area contributed by atoms with Crippen LogP contribution in [0, 0.1) is 13.8 Å². The summed E-state index contributed by atoms with van der Waals surface area (Å²) in [4.78, 5) is 14.1. The largest absolute Gasteiger partial charge is 0.492 e. The molecule has 1 amide bonds. The second-order valence-corrected chi connectivity index (χ2v) is 7.93. The van der Waals surface area contributed by atoms with Crippen LogP contribution in [0.25, 0.3) is 5.69 Å². The van der Waals surface area contributed by atoms with E-state index < -0.39 is 0 Å². The highest BCUT2D eigenvalue weighted by Crippen LogP contribution is 2.20. The summed E-state index contributed by atoms with van der Waals surface area (Å²) >= 11 is 7.16. The van der Waals surface area contributed by atoms with Crippen LogP contribution in [0.2, 0.25) is 5.02 Å². The molecule has 0 atom stereocenters. The SMILES string of the molecule is Cc1ccc(-n2nnnc2SCC(=O)N(C)CCOc2ccc(Cl)cc2)cc1C. The fourth-order valence-electron chi connectivity index (χ4n) is 2.48. The van der Waals surface area contributed by atoms with Crippen molar-refractivity contribution >= 4 is 29.3 Å². The number of hydrogen-bond donors (Lipinski definition) is 0. The molecule has 0 bridgehead atoms. The number of ether oxygens (including phenoxy) is 1. The van der Waals surface area contributed by atoms with E-state index in [-0.39, 0.29) is 11.7 Å². The van der Waals surface area contributed by atoms with Crippen LogP contribution in [0.5, 0.6) is 5.75 Å². The molecule has 1 aromatic heterocycles. The van der Waals surface area contributed by atoms with Gasteiger partial charge < -0.3 is 9.64 Å². The monoisotopic (exact) mass is 431 g/mol. The lowest BCUT2D eigenvalue weighted by atomic mass is 10.1. The molecular formula is C20H22ClN5O2S. The third-order valence-electron chi connectivity index (χ3n) is 4.44. The Labute approximate surface area is 179 Å². The van der Waals surface area contributed by atoms with Crippen molar-refractivity contribution < 1.29 is 9.53 Å². The van der Waals surface area contributed by atoms with Crippen molar-refractivity contribution in [1.29, 1.82) is 0 Å². The molecule has 0 saturated heterocycles. The molecule has 0 unspecified atom stereocenters. The van der Waals surface area contributed by atoms with Crippen molar-refractivity contribution in [3.05, 3.63) is 58.6 Å². The Kier molecular flexibility index (Phi) is 7.11. The zero-order valence-electron chi connectivity index (χ0n) is 16.5. The Balaban J connectivity index is 1.50. The highest BCUT2D eigenvalue weighted by atomic mass is 35.5. The number of nitrogens with zero attached hydrogens (tertiary/aromatic N) is 5. The van der Waals surface area contributed by atoms with Gasteiger partial charge in [-0.05, 0) is 71.8 Å². The van der Waals surface area contributed by atoms with E-state index in [2.05, 4.69) is 22.4 Å². The number of hydrogen-bond acceptors (Lipinski definition) is 6. The van der Waals surface area contributed by atoms with Crippen molar-refractivity contribution in [2.45, 2.75) is 19.0 Å². The number of thioether (sulfide) groups is 1. The Morgan fingerprint density at radius 3 is 2.66 bits per heavy atom. The Morgan fingerprint density at radius 2 is 1.93 bits per heavy atom. The Bertz CT molecular complexity index is 977. The van der Waals surface area contributed by atoms with E-state index in [1.165, 1.54) is 17.3 Å². The molecule has 2 aromatic carbocycles. The molecular weight excluding hydrogens is 410 g/mol. The molecule has 0 saturated carbocycles. The van der Waals surface area contributed by atoms with Gasteiger partial charge in [-0.15, -0.1) is 5.10 Å². The molecule has 0 aliphatic heterocycles. The number of aromatic nitrogens is 4. The third kappa shape index (κ3) is 5.71. The Morgan fingerprint density at radius 1 is 1.17 bits per heavy atom. The van der Waals surface area contributed by atoms with Crippen LogP contribution in [-0.4, -0.2) is 57.0 Å². The molecule has 29 heavy (non-hydrogen) atoms. The van der Waals surface area contributed by atoms with E-state index in [1.807, 2.05) is 25.1 Å². The van der Waals surface area contributed by atoms with Crippen LogP contribution < -0.4 is 4.74 Å². The second-order valence-electron chi connectivity index (χ2n) is 6.55. The van der Waals surface area contributed by atoms with E-state index >= 15 is 0 Å². The van der Waals surface area contributed by atoms with Gasteiger partial charge in [-0.1, -0.05) is 29.4 Å². The quantitative estimate of drug-likeness (QED) is 0.508. The maximum Gasteiger partial charge on any atom is 0.232 e. The number of likely N-dealkylation sites (N-methyl/N-ethyl adjacent to an activating group) is 1. The van der Waals surface area contributed by atoms with E-state index in [0.29, 0.717) is 23.3 Å². The minimum atomic E-state index is -0.0238. The third-order valence-corrected chi connectivity index (χ3v) is 5.59. The number of aryl methyl sites for hydroxylation is 2. The summed E-state index contributed by atoms with van der Waals surface area (Å²) in [6.07, 6.45) is 0. The number of carbonyl (C=O) groups is 1. The van der Waals surface area contributed by atoms with Gasteiger partial charge in [-0.2, -0.15) is 4.68 Å². The average molecular weight is 432 g/mol. The highest BCUT2D eigenvalue weighted by molar-refractivity contribution is 7.99. The fraction of sp³-hybridized carbons (Fsp3) is 0.300. The molecule has 7 nitrogen and oxygen atoms in total. The van der Waals surface area contributed by atoms with E-state index in [9.17, 15) is 4.79 Å². The van der Waals surface area contributed by atoms with E-state index in [0.717, 1.165) is 17.0 Å². The summed E-state index contributed by atoms with van der Waals surface area (Å²) in [6.45, 7) is 4.97. The zero-order chi connectivity index (χ0) is 20.8. The topological polar surface area (TPSA) is 73.1 Å². The minimum Gasteiger partial charge on any atom is -0.492 e. The summed E-state index contributed by atoms with van der Waals surface area (Å²) in [5.74, 6) is 0.935. The second kappa shape index (κ2) is 9.76. The smallest absolute Gasteiger partial charge is 0.232 e. The van der Waals surface area contributed by atoms with E-state index in [4.69, 9.17) is 16.3 Å². The van der Waals surface area contributed by atoms with Crippen molar-refractivity contribution in [3.8, 4) is 11.4 Å². The van der Waals surface area contributed by atoms with Crippen LogP contribution in [0.15, 0.2) is 47.6 Å². The van der Waals surface area contributed by atoms with Crippen molar-refractivity contribution in [1.82, 2.24) is 25.1 Å². The van der Waals surface area contributed by atoms with Crippen LogP contribution in [0.4, 0.5) is 0 Å². The lowest BCUT2D eigenvalue weighted by molar-refractivity contribution is -0.127. The molecule has 0 spiro atoms. The lowest BCUT2D eigenvalue weighted by Crippen LogP contribution is -2.32. The first kappa shape index (κ1) is 21.1. The number of halogens is 1. The molecule has 0 aliphatic rings. The number of carbonyl (C=O) groups excluding carboxylic acids is 1. The summed E-state index contributed by atoms with van der Waals surface area (Å²) in [5.41, 5.74) is 3.23. The van der Waals surface area contributed by atoms with Gasteiger partial charge in [0.2, 0.25) is 11.1 Å². The van der Waals surface area contributed by atoms with Crippen LogP contribution in [0.3, 0.4) is 0 Å². The van der Waals surface area contributed by atoms with Gasteiger partial charge in [-0.3, -0.25) is 4.79 Å². The predicted molar refractivity (Wildman–Crippen MR) is 114 cm³/mol. The van der Waals surface area contributed by atoms with Crippen LogP contribution in [-0.2, 0) is 4.79 Å². The van der Waals surface area contributed by atoms with Crippen LogP contribution >= 0.6 is 23.4 Å². The predicted octanol–water partition coefficient (Wildman–Crippen LogP) is 3.56. The first-order valence-corrected chi connectivity index (χ1v) is 10.4. The molecule has 3 rings (SSSR count). The molecule has 9 heteroatoms. The van der Waals surface area contributed by atoms with Gasteiger partial charge in [0.05, 0.1) is 18.0 Å². The van der Waals surface area contributed by atoms with Gasteiger partial charge in [0, 0.05) is 12.1 Å². The molecule has 1 heterocycles. The standard InChI is InChI=1S/C20H22ClN5O2S/c1-14-4-7-17(12-15(14)2)26-20(22-23-24-26)29-13-19(27)25(3)10-11-28-18-8-5-16(21)6-9-18/h4-9,12H,10-11,13H2,1-3H3. The molecule has 0 radical (unpaired) electrons. The highest BCUT2D eigenvalue weighted by Gasteiger charge is 2.14. The number of tetrazole rings is 1. The van der Waals surface area contributed by atoms with Gasteiger partial charge in [-0.25, -0.2) is 0 Å². The average Bonchev–Trinajstić information content (AvgIpc) is 3.18. The lowest BCUT2D eigenvalue weighted by Gasteiger charge is -2.17. The van der Waals surface area contributed by atoms with Gasteiger partial charge >= 0.3 is 0 Å².